The normalized spacial score (nSPS) is 16.1. The van der Waals surface area contributed by atoms with Gasteiger partial charge in [0.2, 0.25) is 11.6 Å². The lowest BCUT2D eigenvalue weighted by Crippen LogP contribution is -2.39. The first-order chi connectivity index (χ1) is 14.6. The van der Waals surface area contributed by atoms with Gasteiger partial charge in [-0.1, -0.05) is 0 Å². The van der Waals surface area contributed by atoms with E-state index in [1.807, 2.05) is 0 Å². The highest BCUT2D eigenvalue weighted by Gasteiger charge is 2.24. The summed E-state index contributed by atoms with van der Waals surface area (Å²) < 4.78 is 13.7. The molecule has 9 heteroatoms. The number of hydrogen-bond acceptors (Lipinski definition) is 6. The highest BCUT2D eigenvalue weighted by molar-refractivity contribution is 5.95. The van der Waals surface area contributed by atoms with Crippen molar-refractivity contribution in [2.24, 2.45) is 5.92 Å². The van der Waals surface area contributed by atoms with Gasteiger partial charge in [0.1, 0.15) is 11.5 Å². The summed E-state index contributed by atoms with van der Waals surface area (Å²) in [6.07, 6.45) is 6.32. The van der Waals surface area contributed by atoms with Crippen LogP contribution in [0.4, 0.5) is 16.0 Å². The molecule has 3 aromatic rings. The van der Waals surface area contributed by atoms with E-state index in [-0.39, 0.29) is 6.04 Å². The van der Waals surface area contributed by atoms with Gasteiger partial charge in [-0.3, -0.25) is 4.90 Å². The van der Waals surface area contributed by atoms with Gasteiger partial charge >= 0.3 is 0 Å². The van der Waals surface area contributed by atoms with Gasteiger partial charge in [-0.2, -0.15) is 5.26 Å². The smallest absolute Gasteiger partial charge is 0.231 e. The van der Waals surface area contributed by atoms with Crippen LogP contribution >= 0.6 is 0 Å². The van der Waals surface area contributed by atoms with Crippen LogP contribution in [-0.2, 0) is 0 Å². The Morgan fingerprint density at radius 2 is 2.20 bits per heavy atom. The molecule has 2 N–H and O–H groups in total. The van der Waals surface area contributed by atoms with Crippen molar-refractivity contribution in [1.29, 1.82) is 5.26 Å². The van der Waals surface area contributed by atoms with Crippen molar-refractivity contribution in [3.8, 4) is 17.3 Å². The van der Waals surface area contributed by atoms with Crippen LogP contribution < -0.4 is 5.32 Å². The summed E-state index contributed by atoms with van der Waals surface area (Å²) >= 11 is 0. The topological polar surface area (TPSA) is 97.9 Å². The molecule has 3 aromatic heterocycles. The SMILES string of the molecule is [C-]#[N+]c1cnc(NC(C)C2CCN(CC#N)CC2)nc1-c1c[nH]c2ncc(F)cc12. The fraction of sp³-hybridized carbons (Fsp3) is 0.381. The van der Waals surface area contributed by atoms with Crippen LogP contribution in [-0.4, -0.2) is 50.5 Å². The Kier molecular flexibility index (Phi) is 5.55. The molecular weight excluding hydrogens is 383 g/mol. The average Bonchev–Trinajstić information content (AvgIpc) is 3.17. The van der Waals surface area contributed by atoms with Crippen LogP contribution in [0.1, 0.15) is 19.8 Å². The Balaban J connectivity index is 1.57. The van der Waals surface area contributed by atoms with Gasteiger partial charge in [-0.05, 0) is 44.8 Å². The number of H-pyrrole nitrogens is 1. The zero-order chi connectivity index (χ0) is 21.1. The number of hydrogen-bond donors (Lipinski definition) is 2. The van der Waals surface area contributed by atoms with Gasteiger partial charge in [-0.15, -0.1) is 0 Å². The van der Waals surface area contributed by atoms with E-state index >= 15 is 0 Å². The van der Waals surface area contributed by atoms with Crippen LogP contribution in [0.25, 0.3) is 27.1 Å². The number of halogens is 1. The molecule has 0 aliphatic carbocycles. The van der Waals surface area contributed by atoms with Gasteiger partial charge < -0.3 is 10.3 Å². The molecule has 1 aliphatic rings. The molecule has 1 atom stereocenters. The molecule has 0 amide bonds. The number of anilines is 1. The van der Waals surface area contributed by atoms with Crippen LogP contribution in [0.3, 0.4) is 0 Å². The molecule has 0 radical (unpaired) electrons. The van der Waals surface area contributed by atoms with E-state index in [4.69, 9.17) is 11.8 Å². The number of likely N-dealkylation sites (tertiary alicyclic amines) is 1. The maximum atomic E-state index is 13.7. The Bertz CT molecular complexity index is 1130. The minimum absolute atomic E-state index is 0.142. The molecule has 0 saturated carbocycles. The zero-order valence-corrected chi connectivity index (χ0v) is 16.6. The lowest BCUT2D eigenvalue weighted by Gasteiger charge is -2.33. The molecule has 0 aromatic carbocycles. The third-order valence-corrected chi connectivity index (χ3v) is 5.63. The molecular formula is C21H21FN8. The first-order valence-electron chi connectivity index (χ1n) is 9.82. The van der Waals surface area contributed by atoms with Gasteiger partial charge in [0.15, 0.2) is 0 Å². The van der Waals surface area contributed by atoms with Gasteiger partial charge in [0.05, 0.1) is 31.1 Å². The van der Waals surface area contributed by atoms with Gasteiger partial charge in [0.25, 0.3) is 0 Å². The van der Waals surface area contributed by atoms with Crippen LogP contribution in [0.5, 0.6) is 0 Å². The highest BCUT2D eigenvalue weighted by atomic mass is 19.1. The number of fused-ring (bicyclic) bond motifs is 1. The standard InChI is InChI=1S/C21H21FN8/c1-13(14-3-6-30(7-4-14)8-5-23)28-21-27-12-18(24-2)19(29-21)17-11-26-20-16(17)9-15(22)10-25-20/h9-14H,3-4,6-8H2,1H3,(H,25,26)(H,27,28,29). The van der Waals surface area contributed by atoms with Crippen molar-refractivity contribution in [2.75, 3.05) is 25.0 Å². The van der Waals surface area contributed by atoms with Crippen molar-refractivity contribution in [3.63, 3.8) is 0 Å². The lowest BCUT2D eigenvalue weighted by atomic mass is 9.90. The molecule has 4 heterocycles. The molecule has 0 spiro atoms. The molecule has 1 aliphatic heterocycles. The molecule has 4 rings (SSSR count). The van der Waals surface area contributed by atoms with Crippen LogP contribution in [0.15, 0.2) is 24.7 Å². The number of piperidine rings is 1. The Morgan fingerprint density at radius 3 is 2.93 bits per heavy atom. The number of rotatable bonds is 5. The predicted octanol–water partition coefficient (Wildman–Crippen LogP) is 3.75. The summed E-state index contributed by atoms with van der Waals surface area (Å²) in [6, 6.07) is 3.73. The zero-order valence-electron chi connectivity index (χ0n) is 16.6. The first kappa shape index (κ1) is 19.7. The largest absolute Gasteiger partial charge is 0.352 e. The molecule has 0 bridgehead atoms. The summed E-state index contributed by atoms with van der Waals surface area (Å²) in [5.41, 5.74) is 1.89. The quantitative estimate of drug-likeness (QED) is 0.497. The second kappa shape index (κ2) is 8.44. The second-order valence-electron chi connectivity index (χ2n) is 7.50. The molecule has 1 unspecified atom stereocenters. The van der Waals surface area contributed by atoms with E-state index in [0.717, 1.165) is 32.1 Å². The van der Waals surface area contributed by atoms with Crippen LogP contribution in [0, 0.1) is 29.6 Å². The van der Waals surface area contributed by atoms with Crippen molar-refractivity contribution >= 4 is 22.7 Å². The number of aromatic nitrogens is 4. The van der Waals surface area contributed by atoms with E-state index in [2.05, 4.69) is 48.0 Å². The lowest BCUT2D eigenvalue weighted by molar-refractivity contribution is 0.192. The third-order valence-electron chi connectivity index (χ3n) is 5.63. The highest BCUT2D eigenvalue weighted by Crippen LogP contribution is 2.34. The monoisotopic (exact) mass is 404 g/mol. The minimum Gasteiger partial charge on any atom is -0.352 e. The Labute approximate surface area is 173 Å². The maximum absolute atomic E-state index is 13.7. The predicted molar refractivity (Wildman–Crippen MR) is 111 cm³/mol. The van der Waals surface area contributed by atoms with Gasteiger partial charge in [0, 0.05) is 29.4 Å². The van der Waals surface area contributed by atoms with Crippen molar-refractivity contribution in [1.82, 2.24) is 24.8 Å². The van der Waals surface area contributed by atoms with E-state index in [1.165, 1.54) is 12.3 Å². The fourth-order valence-corrected chi connectivity index (χ4v) is 3.93. The number of aromatic amines is 1. The van der Waals surface area contributed by atoms with E-state index < -0.39 is 5.82 Å². The Morgan fingerprint density at radius 1 is 1.40 bits per heavy atom. The van der Waals surface area contributed by atoms with Crippen molar-refractivity contribution in [2.45, 2.75) is 25.8 Å². The van der Waals surface area contributed by atoms with Gasteiger partial charge in [-0.25, -0.2) is 24.2 Å². The summed E-state index contributed by atoms with van der Waals surface area (Å²) in [5, 5.41) is 12.8. The number of nitrogens with zero attached hydrogens (tertiary/aromatic N) is 6. The maximum Gasteiger partial charge on any atom is 0.231 e. The molecule has 8 nitrogen and oxygen atoms in total. The van der Waals surface area contributed by atoms with Crippen LogP contribution in [0.2, 0.25) is 0 Å². The molecule has 1 saturated heterocycles. The first-order valence-corrected chi connectivity index (χ1v) is 9.82. The van der Waals surface area contributed by atoms with E-state index in [0.29, 0.717) is 46.4 Å². The molecule has 30 heavy (non-hydrogen) atoms. The number of nitrogens with one attached hydrogen (secondary N) is 2. The third kappa shape index (κ3) is 3.93. The number of pyridine rings is 1. The average molecular weight is 404 g/mol. The summed E-state index contributed by atoms with van der Waals surface area (Å²) in [7, 11) is 0. The van der Waals surface area contributed by atoms with Crippen molar-refractivity contribution < 1.29 is 4.39 Å². The Hall–Kier alpha value is -3.56. The minimum atomic E-state index is -0.448. The fourth-order valence-electron chi connectivity index (χ4n) is 3.93. The molecule has 152 valence electrons. The summed E-state index contributed by atoms with van der Waals surface area (Å²) in [6.45, 7) is 11.8. The van der Waals surface area contributed by atoms with Crippen molar-refractivity contribution in [3.05, 3.63) is 41.9 Å². The second-order valence-corrected chi connectivity index (χ2v) is 7.50. The van der Waals surface area contributed by atoms with E-state index in [9.17, 15) is 4.39 Å². The summed E-state index contributed by atoms with van der Waals surface area (Å²) in [4.78, 5) is 21.6. The molecule has 1 fully saturated rings. The van der Waals surface area contributed by atoms with E-state index in [1.54, 1.807) is 6.20 Å². The summed E-state index contributed by atoms with van der Waals surface area (Å²) in [5.74, 6) is 0.429. The number of nitriles is 1.